The van der Waals surface area contributed by atoms with Gasteiger partial charge in [-0.3, -0.25) is 19.8 Å². The van der Waals surface area contributed by atoms with Crippen LogP contribution in [0.5, 0.6) is 0 Å². The summed E-state index contributed by atoms with van der Waals surface area (Å²) in [6.07, 6.45) is 1.92. The average Bonchev–Trinajstić information content (AvgIpc) is 2.13. The van der Waals surface area contributed by atoms with Crippen molar-refractivity contribution in [2.45, 2.75) is 39.7 Å². The number of hydrogen-bond donors (Lipinski definition) is 1. The molecule has 94 valence electrons. The molecule has 0 aliphatic carbocycles. The lowest BCUT2D eigenvalue weighted by Crippen LogP contribution is -2.59. The predicted octanol–water partition coefficient (Wildman–Crippen LogP) is 1.45. The number of carbonyl (C=O) groups is 3. The molecule has 1 rings (SSSR count). The molecule has 0 saturated carbocycles. The highest BCUT2D eigenvalue weighted by Crippen LogP contribution is 2.28. The van der Waals surface area contributed by atoms with Crippen molar-refractivity contribution in [2.24, 2.45) is 5.41 Å². The normalized spacial score (nSPS) is 19.0. The topological polar surface area (TPSA) is 66.5 Å². The first-order valence-electron chi connectivity index (χ1n) is 5.54. The van der Waals surface area contributed by atoms with Crippen LogP contribution in [-0.2, 0) is 9.59 Å². The van der Waals surface area contributed by atoms with E-state index in [0.717, 1.165) is 4.90 Å². The highest BCUT2D eigenvalue weighted by atomic mass is 16.2. The Bertz CT molecular complexity index is 348. The highest BCUT2D eigenvalue weighted by molar-refractivity contribution is 6.14. The maximum Gasteiger partial charge on any atom is 0.331 e. The Balaban J connectivity index is 3.01. The molecule has 0 aromatic carbocycles. The molecule has 0 bridgehead atoms. The van der Waals surface area contributed by atoms with Crippen LogP contribution in [0.4, 0.5) is 4.79 Å². The van der Waals surface area contributed by atoms with Gasteiger partial charge in [0, 0.05) is 6.04 Å². The van der Waals surface area contributed by atoms with Crippen LogP contribution < -0.4 is 5.32 Å². The molecule has 0 spiro atoms. The third kappa shape index (κ3) is 2.93. The molecule has 17 heavy (non-hydrogen) atoms. The van der Waals surface area contributed by atoms with Crippen LogP contribution >= 0.6 is 0 Å². The first-order valence-corrected chi connectivity index (χ1v) is 5.54. The summed E-state index contributed by atoms with van der Waals surface area (Å²) in [4.78, 5) is 35.7. The van der Waals surface area contributed by atoms with Crippen LogP contribution in [-0.4, -0.2) is 28.8 Å². The number of amides is 4. The largest absolute Gasteiger partial charge is 0.331 e. The Kier molecular flexibility index (Phi) is 3.70. The van der Waals surface area contributed by atoms with Crippen molar-refractivity contribution in [2.75, 3.05) is 0 Å². The van der Waals surface area contributed by atoms with E-state index >= 15 is 0 Å². The number of nitrogens with zero attached hydrogens (tertiary/aromatic N) is 1. The van der Waals surface area contributed by atoms with Crippen LogP contribution in [0.15, 0.2) is 12.7 Å². The maximum absolute atomic E-state index is 11.8. The minimum atomic E-state index is -0.631. The van der Waals surface area contributed by atoms with E-state index in [1.165, 1.54) is 0 Å². The summed E-state index contributed by atoms with van der Waals surface area (Å²) in [5.74, 6) is -0.983. The highest BCUT2D eigenvalue weighted by Gasteiger charge is 2.40. The van der Waals surface area contributed by atoms with E-state index in [-0.39, 0.29) is 17.9 Å². The first-order chi connectivity index (χ1) is 7.77. The first kappa shape index (κ1) is 13.4. The van der Waals surface area contributed by atoms with Gasteiger partial charge < -0.3 is 0 Å². The van der Waals surface area contributed by atoms with E-state index in [4.69, 9.17) is 0 Å². The molecular weight excluding hydrogens is 220 g/mol. The fraction of sp³-hybridized carbons (Fsp3) is 0.583. The van der Waals surface area contributed by atoms with Gasteiger partial charge in [0.25, 0.3) is 0 Å². The van der Waals surface area contributed by atoms with Crippen molar-refractivity contribution in [1.82, 2.24) is 10.2 Å². The third-order valence-electron chi connectivity index (χ3n) is 2.75. The smallest absolute Gasteiger partial charge is 0.277 e. The number of barbiturate groups is 1. The van der Waals surface area contributed by atoms with Crippen LogP contribution in [0.25, 0.3) is 0 Å². The number of hydrogen-bond acceptors (Lipinski definition) is 3. The number of urea groups is 1. The van der Waals surface area contributed by atoms with E-state index in [0.29, 0.717) is 6.42 Å². The molecule has 5 nitrogen and oxygen atoms in total. The molecule has 1 saturated heterocycles. The van der Waals surface area contributed by atoms with Gasteiger partial charge in [-0.15, -0.1) is 6.58 Å². The Hall–Kier alpha value is -1.65. The molecule has 0 radical (unpaired) electrons. The minimum absolute atomic E-state index is 0.262. The van der Waals surface area contributed by atoms with Crippen molar-refractivity contribution in [3.05, 3.63) is 12.7 Å². The third-order valence-corrected chi connectivity index (χ3v) is 2.75. The molecule has 0 aromatic rings. The Morgan fingerprint density at radius 1 is 1.41 bits per heavy atom. The summed E-state index contributed by atoms with van der Waals surface area (Å²) < 4.78 is 0. The van der Waals surface area contributed by atoms with Gasteiger partial charge in [0.1, 0.15) is 6.42 Å². The molecule has 4 amide bonds. The summed E-state index contributed by atoms with van der Waals surface area (Å²) >= 11 is 0. The van der Waals surface area contributed by atoms with Crippen LogP contribution in [0.3, 0.4) is 0 Å². The average molecular weight is 238 g/mol. The summed E-state index contributed by atoms with van der Waals surface area (Å²) in [7, 11) is 0. The molecule has 1 heterocycles. The van der Waals surface area contributed by atoms with Crippen LogP contribution in [0, 0.1) is 5.41 Å². The Morgan fingerprint density at radius 2 is 2.00 bits per heavy atom. The van der Waals surface area contributed by atoms with Gasteiger partial charge in [0.05, 0.1) is 0 Å². The van der Waals surface area contributed by atoms with Crippen molar-refractivity contribution in [3.8, 4) is 0 Å². The van der Waals surface area contributed by atoms with E-state index in [1.54, 1.807) is 6.08 Å². The molecule has 5 heteroatoms. The SMILES string of the molecule is C=CCC(N1C(=O)CC(=O)NC1=O)C(C)(C)C. The molecule has 1 fully saturated rings. The molecule has 1 atom stereocenters. The quantitative estimate of drug-likeness (QED) is 0.597. The van der Waals surface area contributed by atoms with Gasteiger partial charge in [-0.05, 0) is 11.8 Å². The van der Waals surface area contributed by atoms with E-state index < -0.39 is 17.8 Å². The summed E-state index contributed by atoms with van der Waals surface area (Å²) in [6.45, 7) is 9.47. The van der Waals surface area contributed by atoms with Gasteiger partial charge in [-0.2, -0.15) is 0 Å². The predicted molar refractivity (Wildman–Crippen MR) is 63.1 cm³/mol. The van der Waals surface area contributed by atoms with Crippen LogP contribution in [0.1, 0.15) is 33.6 Å². The maximum atomic E-state index is 11.8. The number of imide groups is 2. The molecule has 1 N–H and O–H groups in total. The molecule has 0 aromatic heterocycles. The van der Waals surface area contributed by atoms with Crippen molar-refractivity contribution in [1.29, 1.82) is 0 Å². The molecular formula is C12H18N2O3. The lowest BCUT2D eigenvalue weighted by molar-refractivity contribution is -0.139. The molecule has 1 unspecified atom stereocenters. The zero-order valence-corrected chi connectivity index (χ0v) is 10.4. The second kappa shape index (κ2) is 4.69. The summed E-state index contributed by atoms with van der Waals surface area (Å²) in [5, 5.41) is 2.16. The van der Waals surface area contributed by atoms with Gasteiger partial charge >= 0.3 is 6.03 Å². The number of carbonyl (C=O) groups excluding carboxylic acids is 3. The number of rotatable bonds is 3. The van der Waals surface area contributed by atoms with Crippen LogP contribution in [0.2, 0.25) is 0 Å². The second-order valence-electron chi connectivity index (χ2n) is 5.20. The fourth-order valence-corrected chi connectivity index (χ4v) is 1.88. The second-order valence-corrected chi connectivity index (χ2v) is 5.20. The molecule has 1 aliphatic rings. The van der Waals surface area contributed by atoms with Gasteiger partial charge in [0.2, 0.25) is 11.8 Å². The molecule has 1 aliphatic heterocycles. The minimum Gasteiger partial charge on any atom is -0.277 e. The van der Waals surface area contributed by atoms with Gasteiger partial charge in [-0.1, -0.05) is 26.8 Å². The van der Waals surface area contributed by atoms with Crippen molar-refractivity contribution in [3.63, 3.8) is 0 Å². The Labute approximate surface area is 101 Å². The monoisotopic (exact) mass is 238 g/mol. The van der Waals surface area contributed by atoms with E-state index in [9.17, 15) is 14.4 Å². The van der Waals surface area contributed by atoms with E-state index in [1.807, 2.05) is 20.8 Å². The summed E-state index contributed by atoms with van der Waals surface area (Å²) in [6, 6.07) is -0.923. The fourth-order valence-electron chi connectivity index (χ4n) is 1.88. The zero-order valence-electron chi connectivity index (χ0n) is 10.4. The Morgan fingerprint density at radius 3 is 2.41 bits per heavy atom. The zero-order chi connectivity index (χ0) is 13.2. The standard InChI is InChI=1S/C12H18N2O3/c1-5-6-8(12(2,3)4)14-10(16)7-9(15)13-11(14)17/h5,8H,1,6-7H2,2-4H3,(H,13,15,17). The lowest BCUT2D eigenvalue weighted by atomic mass is 9.83. The van der Waals surface area contributed by atoms with Gasteiger partial charge in [-0.25, -0.2) is 4.79 Å². The van der Waals surface area contributed by atoms with Crippen molar-refractivity contribution < 1.29 is 14.4 Å². The van der Waals surface area contributed by atoms with E-state index in [2.05, 4.69) is 11.9 Å². The van der Waals surface area contributed by atoms with Crippen molar-refractivity contribution >= 4 is 17.8 Å². The van der Waals surface area contributed by atoms with Gasteiger partial charge in [0.15, 0.2) is 0 Å². The number of nitrogens with one attached hydrogen (secondary N) is 1. The summed E-state index contributed by atoms with van der Waals surface area (Å²) in [5.41, 5.74) is -0.262. The lowest BCUT2D eigenvalue weighted by Gasteiger charge is -2.39.